The molecule has 0 saturated heterocycles. The average Bonchev–Trinajstić information content (AvgIpc) is 2.58. The molecule has 0 N–H and O–H groups in total. The van der Waals surface area contributed by atoms with Crippen LogP contribution < -0.4 is 4.74 Å². The van der Waals surface area contributed by atoms with Gasteiger partial charge < -0.3 is 9.64 Å². The standard InChI is InChI=1S/C18H17F3N2O/c1-23(13-22)17(14-5-3-2-4-6-14)11-12-24-16-9-7-15(8-10-16)18(19,20)21/h2-10,17H,11-12H2,1H3. The number of alkyl halides is 3. The molecule has 0 radical (unpaired) electrons. The first kappa shape index (κ1) is 17.7. The summed E-state index contributed by atoms with van der Waals surface area (Å²) in [7, 11) is 1.69. The van der Waals surface area contributed by atoms with Crippen LogP contribution in [-0.4, -0.2) is 18.6 Å². The molecule has 0 heterocycles. The first-order chi connectivity index (χ1) is 11.4. The second-order valence-electron chi connectivity index (χ2n) is 5.30. The minimum absolute atomic E-state index is 0.148. The first-order valence-electron chi connectivity index (χ1n) is 7.39. The summed E-state index contributed by atoms with van der Waals surface area (Å²) in [5, 5.41) is 9.12. The molecule has 2 rings (SSSR count). The Hall–Kier alpha value is -2.68. The molecule has 0 spiro atoms. The van der Waals surface area contributed by atoms with Crippen LogP contribution in [0.1, 0.15) is 23.6 Å². The number of hydrogen-bond acceptors (Lipinski definition) is 3. The molecular weight excluding hydrogens is 317 g/mol. The van der Waals surface area contributed by atoms with Crippen molar-refractivity contribution in [2.45, 2.75) is 18.6 Å². The number of nitrogens with zero attached hydrogens (tertiary/aromatic N) is 2. The van der Waals surface area contributed by atoms with Crippen molar-refractivity contribution in [3.63, 3.8) is 0 Å². The van der Waals surface area contributed by atoms with Crippen molar-refractivity contribution in [1.82, 2.24) is 4.90 Å². The monoisotopic (exact) mass is 334 g/mol. The van der Waals surface area contributed by atoms with E-state index >= 15 is 0 Å². The van der Waals surface area contributed by atoms with Gasteiger partial charge in [0.25, 0.3) is 0 Å². The molecule has 3 nitrogen and oxygen atoms in total. The van der Waals surface area contributed by atoms with Crippen LogP contribution in [0.2, 0.25) is 0 Å². The van der Waals surface area contributed by atoms with Gasteiger partial charge in [-0.05, 0) is 29.8 Å². The molecule has 6 heteroatoms. The number of halogens is 3. The van der Waals surface area contributed by atoms with E-state index in [0.717, 1.165) is 17.7 Å². The van der Waals surface area contributed by atoms with Crippen LogP contribution in [0.25, 0.3) is 0 Å². The van der Waals surface area contributed by atoms with Gasteiger partial charge in [-0.2, -0.15) is 18.4 Å². The lowest BCUT2D eigenvalue weighted by molar-refractivity contribution is -0.137. The molecule has 0 aliphatic heterocycles. The second kappa shape index (κ2) is 7.73. The van der Waals surface area contributed by atoms with Gasteiger partial charge in [0, 0.05) is 13.5 Å². The lowest BCUT2D eigenvalue weighted by Gasteiger charge is -2.23. The van der Waals surface area contributed by atoms with Crippen LogP contribution in [-0.2, 0) is 6.18 Å². The van der Waals surface area contributed by atoms with Crippen molar-refractivity contribution in [3.8, 4) is 11.9 Å². The van der Waals surface area contributed by atoms with Gasteiger partial charge in [0.1, 0.15) is 5.75 Å². The molecule has 1 unspecified atom stereocenters. The lowest BCUT2D eigenvalue weighted by Crippen LogP contribution is -2.21. The molecule has 24 heavy (non-hydrogen) atoms. The second-order valence-corrected chi connectivity index (χ2v) is 5.30. The quantitative estimate of drug-likeness (QED) is 0.571. The Labute approximate surface area is 138 Å². The third-order valence-corrected chi connectivity index (χ3v) is 3.65. The van der Waals surface area contributed by atoms with Crippen LogP contribution in [0.4, 0.5) is 13.2 Å². The fourth-order valence-corrected chi connectivity index (χ4v) is 2.36. The van der Waals surface area contributed by atoms with Gasteiger partial charge in [-0.1, -0.05) is 30.3 Å². The van der Waals surface area contributed by atoms with Gasteiger partial charge in [-0.25, -0.2) is 0 Å². The Morgan fingerprint density at radius 3 is 2.25 bits per heavy atom. The van der Waals surface area contributed by atoms with Crippen LogP contribution in [0.3, 0.4) is 0 Å². The van der Waals surface area contributed by atoms with E-state index in [4.69, 9.17) is 10.00 Å². The van der Waals surface area contributed by atoms with E-state index in [1.165, 1.54) is 17.0 Å². The zero-order valence-electron chi connectivity index (χ0n) is 13.1. The van der Waals surface area contributed by atoms with Crippen LogP contribution in [0.15, 0.2) is 54.6 Å². The number of ether oxygens (including phenoxy) is 1. The summed E-state index contributed by atoms with van der Waals surface area (Å²) in [6.45, 7) is 0.289. The van der Waals surface area contributed by atoms with Gasteiger partial charge in [0.05, 0.1) is 18.2 Å². The van der Waals surface area contributed by atoms with E-state index in [2.05, 4.69) is 6.19 Å². The third kappa shape index (κ3) is 4.66. The lowest BCUT2D eigenvalue weighted by atomic mass is 10.0. The highest BCUT2D eigenvalue weighted by Crippen LogP contribution is 2.30. The molecule has 0 saturated carbocycles. The van der Waals surface area contributed by atoms with Gasteiger partial charge in [-0.15, -0.1) is 0 Å². The largest absolute Gasteiger partial charge is 0.494 e. The van der Waals surface area contributed by atoms with E-state index in [0.29, 0.717) is 12.2 Å². The minimum Gasteiger partial charge on any atom is -0.494 e. The molecule has 126 valence electrons. The first-order valence-corrected chi connectivity index (χ1v) is 7.39. The summed E-state index contributed by atoms with van der Waals surface area (Å²) in [5.41, 5.74) is 0.277. The summed E-state index contributed by atoms with van der Waals surface area (Å²) in [5.74, 6) is 0.370. The fourth-order valence-electron chi connectivity index (χ4n) is 2.36. The van der Waals surface area contributed by atoms with E-state index in [1.54, 1.807) is 7.05 Å². The molecule has 0 aliphatic rings. The van der Waals surface area contributed by atoms with Crippen LogP contribution in [0.5, 0.6) is 5.75 Å². The van der Waals surface area contributed by atoms with E-state index < -0.39 is 11.7 Å². The molecular formula is C18H17F3N2O. The van der Waals surface area contributed by atoms with Crippen molar-refractivity contribution < 1.29 is 17.9 Å². The SMILES string of the molecule is CN(C#N)C(CCOc1ccc(C(F)(F)F)cc1)c1ccccc1. The highest BCUT2D eigenvalue weighted by atomic mass is 19.4. The normalized spacial score (nSPS) is 12.3. The Bertz CT molecular complexity index is 678. The molecule has 0 aromatic heterocycles. The maximum Gasteiger partial charge on any atom is 0.416 e. The zero-order valence-corrected chi connectivity index (χ0v) is 13.1. The van der Waals surface area contributed by atoms with Crippen molar-refractivity contribution >= 4 is 0 Å². The summed E-state index contributed by atoms with van der Waals surface area (Å²) < 4.78 is 43.1. The van der Waals surface area contributed by atoms with Crippen LogP contribution in [0, 0.1) is 11.5 Å². The third-order valence-electron chi connectivity index (χ3n) is 3.65. The van der Waals surface area contributed by atoms with Gasteiger partial charge in [0.15, 0.2) is 6.19 Å². The minimum atomic E-state index is -4.35. The Balaban J connectivity index is 1.97. The molecule has 2 aromatic carbocycles. The molecule has 1 atom stereocenters. The van der Waals surface area contributed by atoms with E-state index in [1.807, 2.05) is 30.3 Å². The van der Waals surface area contributed by atoms with Gasteiger partial charge in [-0.3, -0.25) is 0 Å². The zero-order chi connectivity index (χ0) is 17.6. The predicted molar refractivity (Wildman–Crippen MR) is 84.1 cm³/mol. The number of hydrogen-bond donors (Lipinski definition) is 0. The highest BCUT2D eigenvalue weighted by molar-refractivity contribution is 5.29. The molecule has 0 fully saturated rings. The van der Waals surface area contributed by atoms with E-state index in [-0.39, 0.29) is 12.6 Å². The molecule has 0 bridgehead atoms. The van der Waals surface area contributed by atoms with Crippen molar-refractivity contribution in [2.75, 3.05) is 13.7 Å². The van der Waals surface area contributed by atoms with Crippen molar-refractivity contribution in [2.24, 2.45) is 0 Å². The molecule has 0 amide bonds. The Morgan fingerprint density at radius 2 is 1.71 bits per heavy atom. The Kier molecular flexibility index (Phi) is 5.69. The summed E-state index contributed by atoms with van der Waals surface area (Å²) in [6, 6.07) is 14.0. The fraction of sp³-hybridized carbons (Fsp3) is 0.278. The molecule has 2 aromatic rings. The number of rotatable bonds is 6. The number of nitriles is 1. The predicted octanol–water partition coefficient (Wildman–Crippen LogP) is 4.63. The van der Waals surface area contributed by atoms with Crippen LogP contribution >= 0.6 is 0 Å². The van der Waals surface area contributed by atoms with Crippen molar-refractivity contribution in [1.29, 1.82) is 5.26 Å². The number of benzene rings is 2. The summed E-state index contributed by atoms with van der Waals surface area (Å²) in [4.78, 5) is 1.53. The topological polar surface area (TPSA) is 36.3 Å². The van der Waals surface area contributed by atoms with Gasteiger partial charge >= 0.3 is 6.18 Å². The van der Waals surface area contributed by atoms with Gasteiger partial charge in [0.2, 0.25) is 0 Å². The smallest absolute Gasteiger partial charge is 0.416 e. The average molecular weight is 334 g/mol. The molecule has 0 aliphatic carbocycles. The van der Waals surface area contributed by atoms with Crippen molar-refractivity contribution in [3.05, 3.63) is 65.7 Å². The summed E-state index contributed by atoms with van der Waals surface area (Å²) in [6.07, 6.45) is -1.73. The Morgan fingerprint density at radius 1 is 1.08 bits per heavy atom. The maximum atomic E-state index is 12.5. The maximum absolute atomic E-state index is 12.5. The van der Waals surface area contributed by atoms with E-state index in [9.17, 15) is 13.2 Å². The summed E-state index contributed by atoms with van der Waals surface area (Å²) >= 11 is 0. The highest BCUT2D eigenvalue weighted by Gasteiger charge is 2.30.